The number of para-hydroxylation sites is 1. The molecule has 0 N–H and O–H groups in total. The van der Waals surface area contributed by atoms with E-state index in [0.717, 1.165) is 13.0 Å². The molecule has 0 bridgehead atoms. The number of ether oxygens (including phenoxy) is 1. The van der Waals surface area contributed by atoms with E-state index in [2.05, 4.69) is 45.6 Å². The number of nitrogens with zero attached hydrogens (tertiary/aromatic N) is 2. The van der Waals surface area contributed by atoms with Crippen molar-refractivity contribution in [1.29, 1.82) is 0 Å². The van der Waals surface area contributed by atoms with Crippen molar-refractivity contribution in [2.24, 2.45) is 0 Å². The summed E-state index contributed by atoms with van der Waals surface area (Å²) in [6.07, 6.45) is 8.36. The molecule has 0 amide bonds. The molecule has 1 saturated heterocycles. The van der Waals surface area contributed by atoms with Gasteiger partial charge in [-0.1, -0.05) is 37.5 Å². The zero-order valence-electron chi connectivity index (χ0n) is 13.4. The molecule has 4 rings (SSSR count). The zero-order chi connectivity index (χ0) is 15.5. The Hall–Kier alpha value is -1.39. The molecule has 0 spiro atoms. The molecule has 2 aromatic rings. The minimum absolute atomic E-state index is 0.324. The van der Waals surface area contributed by atoms with Gasteiger partial charge in [-0.05, 0) is 25.0 Å². The summed E-state index contributed by atoms with van der Waals surface area (Å²) in [5.74, 6) is 0. The molecular formula is C19H24N2OS. The summed E-state index contributed by atoms with van der Waals surface area (Å²) >= 11 is 1.68. The van der Waals surface area contributed by atoms with E-state index in [0.29, 0.717) is 18.2 Å². The van der Waals surface area contributed by atoms with E-state index in [9.17, 15) is 0 Å². The third kappa shape index (κ3) is 3.43. The number of rotatable bonds is 4. The van der Waals surface area contributed by atoms with Crippen LogP contribution in [0.15, 0.2) is 41.2 Å². The molecule has 4 heteroatoms. The van der Waals surface area contributed by atoms with Crippen LogP contribution in [0, 0.1) is 0 Å². The van der Waals surface area contributed by atoms with Gasteiger partial charge in [-0.3, -0.25) is 0 Å². The van der Waals surface area contributed by atoms with Crippen molar-refractivity contribution in [3.8, 4) is 0 Å². The van der Waals surface area contributed by atoms with Crippen molar-refractivity contribution in [3.05, 3.63) is 46.9 Å². The molecule has 0 unspecified atom stereocenters. The smallest absolute Gasteiger partial charge is 0.0795 e. The summed E-state index contributed by atoms with van der Waals surface area (Å²) in [5.41, 5.74) is 4.40. The normalized spacial score (nSPS) is 25.8. The van der Waals surface area contributed by atoms with E-state index in [1.807, 2.05) is 5.51 Å². The molecule has 2 fully saturated rings. The van der Waals surface area contributed by atoms with Crippen molar-refractivity contribution >= 4 is 17.0 Å². The van der Waals surface area contributed by atoms with Crippen LogP contribution in [0.5, 0.6) is 0 Å². The van der Waals surface area contributed by atoms with Gasteiger partial charge in [0.15, 0.2) is 0 Å². The van der Waals surface area contributed by atoms with Crippen LogP contribution in [0.3, 0.4) is 0 Å². The molecule has 2 heterocycles. The maximum absolute atomic E-state index is 6.47. The number of aromatic nitrogens is 1. The van der Waals surface area contributed by atoms with Gasteiger partial charge in [-0.15, -0.1) is 11.3 Å². The van der Waals surface area contributed by atoms with Crippen molar-refractivity contribution in [2.45, 2.75) is 56.8 Å². The largest absolute Gasteiger partial charge is 0.373 e. The van der Waals surface area contributed by atoms with E-state index in [1.165, 1.54) is 43.5 Å². The second-order valence-electron chi connectivity index (χ2n) is 6.67. The van der Waals surface area contributed by atoms with E-state index in [1.54, 1.807) is 11.3 Å². The molecule has 0 radical (unpaired) electrons. The average molecular weight is 328 g/mol. The minimum atomic E-state index is 0.324. The predicted molar refractivity (Wildman–Crippen MR) is 95.0 cm³/mol. The highest BCUT2D eigenvalue weighted by Gasteiger charge is 2.36. The van der Waals surface area contributed by atoms with Crippen molar-refractivity contribution in [1.82, 2.24) is 4.98 Å². The summed E-state index contributed by atoms with van der Waals surface area (Å²) < 4.78 is 6.47. The number of thiazole rings is 1. The summed E-state index contributed by atoms with van der Waals surface area (Å²) in [5, 5.41) is 2.18. The van der Waals surface area contributed by atoms with Crippen molar-refractivity contribution in [3.63, 3.8) is 0 Å². The average Bonchev–Trinajstić information content (AvgIpc) is 3.26. The summed E-state index contributed by atoms with van der Waals surface area (Å²) in [6, 6.07) is 11.0. The zero-order valence-corrected chi connectivity index (χ0v) is 14.3. The highest BCUT2D eigenvalue weighted by atomic mass is 32.1. The third-order valence-corrected chi connectivity index (χ3v) is 5.69. The third-order valence-electron chi connectivity index (χ3n) is 5.08. The summed E-state index contributed by atoms with van der Waals surface area (Å²) in [7, 11) is 0. The first-order valence-electron chi connectivity index (χ1n) is 8.75. The van der Waals surface area contributed by atoms with Gasteiger partial charge in [0, 0.05) is 24.0 Å². The second-order valence-corrected chi connectivity index (χ2v) is 7.39. The molecule has 1 saturated carbocycles. The van der Waals surface area contributed by atoms with Crippen LogP contribution in [-0.2, 0) is 4.74 Å². The van der Waals surface area contributed by atoms with Gasteiger partial charge in [0.1, 0.15) is 0 Å². The molecule has 1 aromatic carbocycles. The molecule has 3 nitrogen and oxygen atoms in total. The van der Waals surface area contributed by atoms with Crippen LogP contribution in [0.1, 0.15) is 50.3 Å². The summed E-state index contributed by atoms with van der Waals surface area (Å²) in [4.78, 5) is 7.05. The lowest BCUT2D eigenvalue weighted by Gasteiger charge is -2.26. The summed E-state index contributed by atoms with van der Waals surface area (Å²) in [6.45, 7) is 0.975. The van der Waals surface area contributed by atoms with Crippen LogP contribution < -0.4 is 4.90 Å². The number of hydrogen-bond acceptors (Lipinski definition) is 4. The fourth-order valence-electron chi connectivity index (χ4n) is 3.94. The first-order chi connectivity index (χ1) is 11.4. The Kier molecular flexibility index (Phi) is 4.62. The highest BCUT2D eigenvalue weighted by Crippen LogP contribution is 2.38. The quantitative estimate of drug-likeness (QED) is 0.805. The van der Waals surface area contributed by atoms with Gasteiger partial charge >= 0.3 is 0 Å². The lowest BCUT2D eigenvalue weighted by atomic mass is 9.97. The standard InChI is InChI=1S/C19H24N2OS/c1-3-7-15(8-4-1)21-12-17(22-16-9-5-2-6-10-16)11-19(21)18-13-23-14-20-18/h1,3-4,7-8,13-14,16-17,19H,2,5-6,9-12H2/t17-,19-/m1/s1. The fraction of sp³-hybridized carbons (Fsp3) is 0.526. The van der Waals surface area contributed by atoms with Crippen molar-refractivity contribution in [2.75, 3.05) is 11.4 Å². The predicted octanol–water partition coefficient (Wildman–Crippen LogP) is 4.81. The molecule has 1 aliphatic heterocycles. The Bertz CT molecular complexity index is 595. The molecule has 1 aromatic heterocycles. The van der Waals surface area contributed by atoms with E-state index in [4.69, 9.17) is 4.74 Å². The minimum Gasteiger partial charge on any atom is -0.373 e. The van der Waals surface area contributed by atoms with Crippen LogP contribution in [0.25, 0.3) is 0 Å². The topological polar surface area (TPSA) is 25.4 Å². The maximum Gasteiger partial charge on any atom is 0.0795 e. The Balaban J connectivity index is 1.51. The van der Waals surface area contributed by atoms with Gasteiger partial charge in [0.2, 0.25) is 0 Å². The molecule has 2 atom stereocenters. The number of hydrogen-bond donors (Lipinski definition) is 0. The number of anilines is 1. The van der Waals surface area contributed by atoms with Gasteiger partial charge in [0.05, 0.1) is 29.5 Å². The SMILES string of the molecule is c1ccc(N2C[C@H](OC3CCCCC3)C[C@@H]2c2cscn2)cc1. The molecule has 122 valence electrons. The van der Waals surface area contributed by atoms with Gasteiger partial charge < -0.3 is 9.64 Å². The van der Waals surface area contributed by atoms with E-state index in [-0.39, 0.29) is 0 Å². The van der Waals surface area contributed by atoms with Crippen LogP contribution >= 0.6 is 11.3 Å². The Morgan fingerprint density at radius 3 is 2.61 bits per heavy atom. The van der Waals surface area contributed by atoms with Gasteiger partial charge in [0.25, 0.3) is 0 Å². The second kappa shape index (κ2) is 7.02. The Morgan fingerprint density at radius 1 is 1.04 bits per heavy atom. The lowest BCUT2D eigenvalue weighted by molar-refractivity contribution is -0.0203. The molecule has 23 heavy (non-hydrogen) atoms. The highest BCUT2D eigenvalue weighted by molar-refractivity contribution is 7.07. The van der Waals surface area contributed by atoms with Crippen LogP contribution in [0.2, 0.25) is 0 Å². The van der Waals surface area contributed by atoms with Gasteiger partial charge in [-0.2, -0.15) is 0 Å². The first kappa shape index (κ1) is 15.2. The van der Waals surface area contributed by atoms with Crippen LogP contribution in [0.4, 0.5) is 5.69 Å². The fourth-order valence-corrected chi connectivity index (χ4v) is 4.54. The maximum atomic E-state index is 6.47. The van der Waals surface area contributed by atoms with E-state index < -0.39 is 0 Å². The van der Waals surface area contributed by atoms with Crippen molar-refractivity contribution < 1.29 is 4.74 Å². The van der Waals surface area contributed by atoms with Crippen LogP contribution in [-0.4, -0.2) is 23.7 Å². The monoisotopic (exact) mass is 328 g/mol. The molecule has 1 aliphatic carbocycles. The van der Waals surface area contributed by atoms with E-state index >= 15 is 0 Å². The molecule has 2 aliphatic rings. The van der Waals surface area contributed by atoms with Gasteiger partial charge in [-0.25, -0.2) is 4.98 Å². The Morgan fingerprint density at radius 2 is 1.87 bits per heavy atom. The first-order valence-corrected chi connectivity index (χ1v) is 9.69. The lowest BCUT2D eigenvalue weighted by Crippen LogP contribution is -2.28. The number of benzene rings is 1. The Labute approximate surface area is 142 Å². The molecular weight excluding hydrogens is 304 g/mol.